The molecule has 0 aliphatic heterocycles. The minimum atomic E-state index is -0.680. The van der Waals surface area contributed by atoms with Gasteiger partial charge in [0.15, 0.2) is 5.78 Å². The number of amides is 1. The summed E-state index contributed by atoms with van der Waals surface area (Å²) in [5.74, 6) is -1.34. The molecule has 4 heteroatoms. The largest absolute Gasteiger partial charge is 0.340 e. The third-order valence-corrected chi connectivity index (χ3v) is 1.53. The van der Waals surface area contributed by atoms with Crippen LogP contribution in [0.2, 0.25) is 0 Å². The Kier molecular flexibility index (Phi) is 4.18. The fraction of sp³-hybridized carbons (Fsp3) is 0.625. The van der Waals surface area contributed by atoms with Gasteiger partial charge in [-0.2, -0.15) is 0 Å². The van der Waals surface area contributed by atoms with E-state index in [9.17, 15) is 14.4 Å². The molecule has 1 atom stereocenters. The van der Waals surface area contributed by atoms with Crippen molar-refractivity contribution in [1.29, 1.82) is 0 Å². The molecule has 0 heterocycles. The van der Waals surface area contributed by atoms with Crippen molar-refractivity contribution in [3.63, 3.8) is 0 Å². The Morgan fingerprint density at radius 3 is 2.17 bits per heavy atom. The predicted octanol–water partition coefficient (Wildman–Crippen LogP) is 0.0592. The van der Waals surface area contributed by atoms with Gasteiger partial charge < -0.3 is 5.32 Å². The predicted molar refractivity (Wildman–Crippen MR) is 43.6 cm³/mol. The van der Waals surface area contributed by atoms with E-state index < -0.39 is 17.7 Å². The second-order valence-electron chi connectivity index (χ2n) is 2.58. The normalized spacial score (nSPS) is 11.9. The van der Waals surface area contributed by atoms with Crippen molar-refractivity contribution in [2.45, 2.75) is 33.2 Å². The van der Waals surface area contributed by atoms with Crippen LogP contribution < -0.4 is 5.32 Å². The van der Waals surface area contributed by atoms with Crippen LogP contribution in [-0.2, 0) is 14.4 Å². The molecule has 4 nitrogen and oxygen atoms in total. The molecule has 0 radical (unpaired) electrons. The fourth-order valence-electron chi connectivity index (χ4n) is 0.539. The third kappa shape index (κ3) is 3.27. The molecule has 0 aliphatic rings. The van der Waals surface area contributed by atoms with E-state index in [1.807, 2.05) is 0 Å². The van der Waals surface area contributed by atoms with Crippen LogP contribution in [0.3, 0.4) is 0 Å². The van der Waals surface area contributed by atoms with Crippen LogP contribution in [0, 0.1) is 0 Å². The Morgan fingerprint density at radius 2 is 1.83 bits per heavy atom. The Balaban J connectivity index is 4.01. The Morgan fingerprint density at radius 1 is 1.33 bits per heavy atom. The van der Waals surface area contributed by atoms with E-state index in [2.05, 4.69) is 5.32 Å². The highest BCUT2D eigenvalue weighted by Crippen LogP contribution is 1.86. The first-order valence-corrected chi connectivity index (χ1v) is 3.83. The van der Waals surface area contributed by atoms with Crippen LogP contribution in [0.5, 0.6) is 0 Å². The van der Waals surface area contributed by atoms with Crippen molar-refractivity contribution >= 4 is 17.5 Å². The van der Waals surface area contributed by atoms with Gasteiger partial charge in [0.1, 0.15) is 0 Å². The lowest BCUT2D eigenvalue weighted by Gasteiger charge is -2.08. The number of ketones is 2. The third-order valence-electron chi connectivity index (χ3n) is 1.53. The van der Waals surface area contributed by atoms with Gasteiger partial charge in [-0.05, 0) is 13.8 Å². The Bertz CT molecular complexity index is 210. The average Bonchev–Trinajstić information content (AvgIpc) is 2.02. The van der Waals surface area contributed by atoms with Crippen LogP contribution in [-0.4, -0.2) is 23.5 Å². The summed E-state index contributed by atoms with van der Waals surface area (Å²) < 4.78 is 0. The number of carbonyl (C=O) groups is 3. The van der Waals surface area contributed by atoms with Gasteiger partial charge in [-0.15, -0.1) is 0 Å². The molecular weight excluding hydrogens is 158 g/mol. The minimum Gasteiger partial charge on any atom is -0.340 e. The van der Waals surface area contributed by atoms with Crippen molar-refractivity contribution < 1.29 is 14.4 Å². The molecule has 0 bridgehead atoms. The summed E-state index contributed by atoms with van der Waals surface area (Å²) in [6.07, 6.45) is 0.163. The molecule has 1 N–H and O–H groups in total. The zero-order valence-corrected chi connectivity index (χ0v) is 7.51. The van der Waals surface area contributed by atoms with Gasteiger partial charge >= 0.3 is 0 Å². The number of nitrogens with one attached hydrogen (secondary N) is 1. The van der Waals surface area contributed by atoms with Crippen molar-refractivity contribution in [2.75, 3.05) is 0 Å². The first-order valence-electron chi connectivity index (χ1n) is 3.83. The summed E-state index contributed by atoms with van der Waals surface area (Å²) in [6, 6.07) is -0.576. The Labute approximate surface area is 71.3 Å². The standard InChI is InChI=1S/C8H13NO3/c1-4-7(11)8(12)9-5(2)6(3)10/h5H,4H2,1-3H3,(H,9,12). The number of hydrogen-bond acceptors (Lipinski definition) is 3. The maximum Gasteiger partial charge on any atom is 0.287 e. The lowest BCUT2D eigenvalue weighted by atomic mass is 10.2. The zero-order valence-electron chi connectivity index (χ0n) is 7.51. The van der Waals surface area contributed by atoms with Crippen LogP contribution in [0.15, 0.2) is 0 Å². The highest BCUT2D eigenvalue weighted by molar-refractivity contribution is 6.36. The van der Waals surface area contributed by atoms with Crippen LogP contribution in [0.25, 0.3) is 0 Å². The highest BCUT2D eigenvalue weighted by atomic mass is 16.2. The molecule has 1 unspecified atom stereocenters. The quantitative estimate of drug-likeness (QED) is 0.608. The van der Waals surface area contributed by atoms with E-state index in [1.165, 1.54) is 6.92 Å². The molecule has 12 heavy (non-hydrogen) atoms. The summed E-state index contributed by atoms with van der Waals surface area (Å²) in [5.41, 5.74) is 0. The van der Waals surface area contributed by atoms with Crippen LogP contribution >= 0.6 is 0 Å². The molecule has 1 amide bonds. The van der Waals surface area contributed by atoms with Gasteiger partial charge in [-0.3, -0.25) is 14.4 Å². The zero-order chi connectivity index (χ0) is 9.72. The van der Waals surface area contributed by atoms with Crippen LogP contribution in [0.1, 0.15) is 27.2 Å². The molecule has 0 spiro atoms. The summed E-state index contributed by atoms with van der Waals surface area (Å²) in [5, 5.41) is 2.29. The second kappa shape index (κ2) is 4.64. The van der Waals surface area contributed by atoms with E-state index in [4.69, 9.17) is 0 Å². The summed E-state index contributed by atoms with van der Waals surface area (Å²) in [6.45, 7) is 4.50. The lowest BCUT2D eigenvalue weighted by Crippen LogP contribution is -2.40. The molecule has 0 saturated carbocycles. The number of carbonyl (C=O) groups excluding carboxylic acids is 3. The van der Waals surface area contributed by atoms with E-state index in [1.54, 1.807) is 13.8 Å². The highest BCUT2D eigenvalue weighted by Gasteiger charge is 2.15. The van der Waals surface area contributed by atoms with Gasteiger partial charge in [0, 0.05) is 6.42 Å². The molecule has 0 rings (SSSR count). The van der Waals surface area contributed by atoms with E-state index >= 15 is 0 Å². The molecule has 0 aliphatic carbocycles. The first kappa shape index (κ1) is 10.8. The maximum atomic E-state index is 10.9. The fourth-order valence-corrected chi connectivity index (χ4v) is 0.539. The van der Waals surface area contributed by atoms with Crippen molar-refractivity contribution in [3.8, 4) is 0 Å². The van der Waals surface area contributed by atoms with E-state index in [-0.39, 0.29) is 12.2 Å². The average molecular weight is 171 g/mol. The van der Waals surface area contributed by atoms with Crippen molar-refractivity contribution in [2.24, 2.45) is 0 Å². The summed E-state index contributed by atoms with van der Waals surface area (Å²) >= 11 is 0. The Hall–Kier alpha value is -1.19. The first-order chi connectivity index (χ1) is 5.49. The molecule has 0 aromatic carbocycles. The molecule has 68 valence electrons. The number of Topliss-reactive ketones (excluding diaryl/α,β-unsaturated/α-hetero) is 2. The smallest absolute Gasteiger partial charge is 0.287 e. The molecule has 0 aromatic rings. The monoisotopic (exact) mass is 171 g/mol. The van der Waals surface area contributed by atoms with Crippen LogP contribution in [0.4, 0.5) is 0 Å². The van der Waals surface area contributed by atoms with E-state index in [0.29, 0.717) is 0 Å². The van der Waals surface area contributed by atoms with Crippen molar-refractivity contribution in [1.82, 2.24) is 5.32 Å². The SMILES string of the molecule is CCC(=O)C(=O)NC(C)C(C)=O. The summed E-state index contributed by atoms with van der Waals surface area (Å²) in [7, 11) is 0. The van der Waals surface area contributed by atoms with Gasteiger partial charge in [0.25, 0.3) is 5.91 Å². The minimum absolute atomic E-state index is 0.160. The number of hydrogen-bond donors (Lipinski definition) is 1. The molecule has 0 fully saturated rings. The number of rotatable bonds is 4. The summed E-state index contributed by atoms with van der Waals surface area (Å²) in [4.78, 5) is 32.3. The van der Waals surface area contributed by atoms with Gasteiger partial charge in [-0.1, -0.05) is 6.92 Å². The second-order valence-corrected chi connectivity index (χ2v) is 2.58. The molecular formula is C8H13NO3. The molecule has 0 aromatic heterocycles. The van der Waals surface area contributed by atoms with E-state index in [0.717, 1.165) is 0 Å². The van der Waals surface area contributed by atoms with Crippen molar-refractivity contribution in [3.05, 3.63) is 0 Å². The van der Waals surface area contributed by atoms with Gasteiger partial charge in [0.2, 0.25) is 5.78 Å². The maximum absolute atomic E-state index is 10.9. The topological polar surface area (TPSA) is 63.2 Å². The lowest BCUT2D eigenvalue weighted by molar-refractivity contribution is -0.138. The van der Waals surface area contributed by atoms with Gasteiger partial charge in [-0.25, -0.2) is 0 Å². The molecule has 0 saturated heterocycles. The van der Waals surface area contributed by atoms with Gasteiger partial charge in [0.05, 0.1) is 6.04 Å².